The Morgan fingerprint density at radius 1 is 1.54 bits per heavy atom. The lowest BCUT2D eigenvalue weighted by atomic mass is 9.82. The van der Waals surface area contributed by atoms with Crippen LogP contribution in [-0.2, 0) is 5.41 Å². The van der Waals surface area contributed by atoms with Gasteiger partial charge in [0.25, 0.3) is 0 Å². The fourth-order valence-electron chi connectivity index (χ4n) is 1.91. The monoisotopic (exact) mass is 177 g/mol. The molecule has 0 saturated heterocycles. The summed E-state index contributed by atoms with van der Waals surface area (Å²) in [5, 5.41) is 12.6. The lowest BCUT2D eigenvalue weighted by Crippen LogP contribution is -2.22. The third-order valence-electron chi connectivity index (χ3n) is 3.10. The summed E-state index contributed by atoms with van der Waals surface area (Å²) >= 11 is 0. The Bertz CT molecular complexity index is 335. The minimum absolute atomic E-state index is 0.239. The molecule has 2 heteroatoms. The van der Waals surface area contributed by atoms with E-state index in [0.717, 1.165) is 18.7 Å². The van der Waals surface area contributed by atoms with Crippen molar-refractivity contribution in [3.63, 3.8) is 0 Å². The van der Waals surface area contributed by atoms with Gasteiger partial charge in [0.1, 0.15) is 5.75 Å². The second kappa shape index (κ2) is 2.66. The van der Waals surface area contributed by atoms with Gasteiger partial charge in [-0.1, -0.05) is 19.9 Å². The maximum atomic E-state index is 9.30. The van der Waals surface area contributed by atoms with Crippen molar-refractivity contribution in [3.8, 4) is 5.75 Å². The average Bonchev–Trinajstić information content (AvgIpc) is 2.45. The molecule has 1 aromatic carbocycles. The summed E-state index contributed by atoms with van der Waals surface area (Å²) in [7, 11) is 0. The first kappa shape index (κ1) is 8.42. The lowest BCUT2D eigenvalue weighted by Gasteiger charge is -2.21. The van der Waals surface area contributed by atoms with Crippen LogP contribution in [0.25, 0.3) is 0 Å². The number of phenols is 1. The van der Waals surface area contributed by atoms with E-state index in [1.165, 1.54) is 5.56 Å². The average molecular weight is 177 g/mol. The van der Waals surface area contributed by atoms with Crippen LogP contribution in [0, 0.1) is 0 Å². The largest absolute Gasteiger partial charge is 0.508 e. The number of aromatic hydroxyl groups is 1. The van der Waals surface area contributed by atoms with Crippen molar-refractivity contribution < 1.29 is 5.11 Å². The fourth-order valence-corrected chi connectivity index (χ4v) is 1.91. The Morgan fingerprint density at radius 2 is 2.31 bits per heavy atom. The van der Waals surface area contributed by atoms with Crippen molar-refractivity contribution in [2.75, 3.05) is 11.9 Å². The van der Waals surface area contributed by atoms with Gasteiger partial charge in [0.2, 0.25) is 0 Å². The maximum absolute atomic E-state index is 9.30. The molecule has 0 spiro atoms. The predicted molar refractivity (Wildman–Crippen MR) is 54.2 cm³/mol. The molecule has 70 valence electrons. The number of hydrogen-bond acceptors (Lipinski definition) is 2. The van der Waals surface area contributed by atoms with Crippen LogP contribution in [-0.4, -0.2) is 11.7 Å². The second-order valence-electron chi connectivity index (χ2n) is 4.00. The highest BCUT2D eigenvalue weighted by atomic mass is 16.3. The van der Waals surface area contributed by atoms with Crippen LogP contribution in [0.5, 0.6) is 5.75 Å². The molecule has 1 aliphatic rings. The van der Waals surface area contributed by atoms with Crippen LogP contribution in [0.15, 0.2) is 18.2 Å². The molecule has 1 atom stereocenters. The van der Waals surface area contributed by atoms with Gasteiger partial charge in [0, 0.05) is 23.7 Å². The summed E-state index contributed by atoms with van der Waals surface area (Å²) in [6.07, 6.45) is 1.12. The summed E-state index contributed by atoms with van der Waals surface area (Å²) in [4.78, 5) is 0. The van der Waals surface area contributed by atoms with Crippen molar-refractivity contribution in [3.05, 3.63) is 23.8 Å². The molecule has 1 aromatic rings. The van der Waals surface area contributed by atoms with Gasteiger partial charge >= 0.3 is 0 Å². The van der Waals surface area contributed by atoms with Gasteiger partial charge < -0.3 is 10.4 Å². The van der Waals surface area contributed by atoms with Crippen LogP contribution in [0.4, 0.5) is 5.69 Å². The Hall–Kier alpha value is -1.18. The van der Waals surface area contributed by atoms with Crippen molar-refractivity contribution in [2.24, 2.45) is 0 Å². The predicted octanol–water partition coefficient (Wildman–Crippen LogP) is 2.49. The zero-order valence-electron chi connectivity index (χ0n) is 8.09. The van der Waals surface area contributed by atoms with Crippen molar-refractivity contribution in [1.29, 1.82) is 0 Å². The van der Waals surface area contributed by atoms with Crippen molar-refractivity contribution in [1.82, 2.24) is 0 Å². The number of anilines is 1. The minimum Gasteiger partial charge on any atom is -0.508 e. The maximum Gasteiger partial charge on any atom is 0.117 e. The summed E-state index contributed by atoms with van der Waals surface area (Å²) in [6, 6.07) is 5.59. The Labute approximate surface area is 78.6 Å². The SMILES string of the molecule is CCC1(C)CNc2cc(O)ccc21. The first-order valence-electron chi connectivity index (χ1n) is 4.73. The zero-order valence-corrected chi connectivity index (χ0v) is 8.09. The van der Waals surface area contributed by atoms with Crippen LogP contribution >= 0.6 is 0 Å². The van der Waals surface area contributed by atoms with Gasteiger partial charge in [-0.3, -0.25) is 0 Å². The second-order valence-corrected chi connectivity index (χ2v) is 4.00. The van der Waals surface area contributed by atoms with E-state index >= 15 is 0 Å². The van der Waals surface area contributed by atoms with Gasteiger partial charge in [-0.25, -0.2) is 0 Å². The molecule has 0 amide bonds. The third-order valence-corrected chi connectivity index (χ3v) is 3.10. The third kappa shape index (κ3) is 1.17. The van der Waals surface area contributed by atoms with Crippen LogP contribution in [0.2, 0.25) is 0 Å². The molecule has 0 bridgehead atoms. The molecule has 0 saturated carbocycles. The van der Waals surface area contributed by atoms with Gasteiger partial charge in [-0.05, 0) is 18.1 Å². The smallest absolute Gasteiger partial charge is 0.117 e. The lowest BCUT2D eigenvalue weighted by molar-refractivity contribution is 0.474. The van der Waals surface area contributed by atoms with Crippen molar-refractivity contribution >= 4 is 5.69 Å². The number of hydrogen-bond donors (Lipinski definition) is 2. The van der Waals surface area contributed by atoms with Gasteiger partial charge in [0.05, 0.1) is 0 Å². The molecule has 0 aliphatic carbocycles. The standard InChI is InChI=1S/C11H15NO/c1-3-11(2)7-12-10-6-8(13)4-5-9(10)11/h4-6,12-13H,3,7H2,1-2H3. The van der Waals surface area contributed by atoms with Crippen LogP contribution in [0.3, 0.4) is 0 Å². The molecule has 2 rings (SSSR count). The molecule has 2 nitrogen and oxygen atoms in total. The molecule has 1 unspecified atom stereocenters. The van der Waals surface area contributed by atoms with E-state index in [9.17, 15) is 5.11 Å². The van der Waals surface area contributed by atoms with Crippen LogP contribution < -0.4 is 5.32 Å². The number of phenolic OH excluding ortho intramolecular Hbond substituents is 1. The molecular formula is C11H15NO. The molecule has 2 N–H and O–H groups in total. The fraction of sp³-hybridized carbons (Fsp3) is 0.455. The van der Waals surface area contributed by atoms with Crippen molar-refractivity contribution in [2.45, 2.75) is 25.7 Å². The Kier molecular flexibility index (Phi) is 1.72. The zero-order chi connectivity index (χ0) is 9.47. The Morgan fingerprint density at radius 3 is 3.00 bits per heavy atom. The highest BCUT2D eigenvalue weighted by Gasteiger charge is 2.32. The number of benzene rings is 1. The van der Waals surface area contributed by atoms with E-state index in [1.807, 2.05) is 6.07 Å². The summed E-state index contributed by atoms with van der Waals surface area (Å²) in [5.74, 6) is 0.339. The molecule has 0 radical (unpaired) electrons. The normalized spacial score (nSPS) is 25.4. The molecular weight excluding hydrogens is 162 g/mol. The summed E-state index contributed by atoms with van der Waals surface area (Å²) in [6.45, 7) is 5.43. The minimum atomic E-state index is 0.239. The van der Waals surface area contributed by atoms with Gasteiger partial charge in [-0.2, -0.15) is 0 Å². The van der Waals surface area contributed by atoms with Gasteiger partial charge in [0.15, 0.2) is 0 Å². The quantitative estimate of drug-likeness (QED) is 0.690. The first-order valence-corrected chi connectivity index (χ1v) is 4.73. The highest BCUT2D eigenvalue weighted by molar-refractivity contribution is 5.62. The van der Waals surface area contributed by atoms with E-state index in [1.54, 1.807) is 12.1 Å². The molecule has 1 aliphatic heterocycles. The number of fused-ring (bicyclic) bond motifs is 1. The first-order chi connectivity index (χ1) is 6.15. The molecule has 13 heavy (non-hydrogen) atoms. The van der Waals surface area contributed by atoms with E-state index in [-0.39, 0.29) is 5.41 Å². The molecule has 0 fully saturated rings. The summed E-state index contributed by atoms with van der Waals surface area (Å²) < 4.78 is 0. The van der Waals surface area contributed by atoms with E-state index in [4.69, 9.17) is 0 Å². The van der Waals surface area contributed by atoms with E-state index < -0.39 is 0 Å². The van der Waals surface area contributed by atoms with E-state index in [2.05, 4.69) is 19.2 Å². The van der Waals surface area contributed by atoms with E-state index in [0.29, 0.717) is 5.75 Å². The Balaban J connectivity index is 2.49. The van der Waals surface area contributed by atoms with Gasteiger partial charge in [-0.15, -0.1) is 0 Å². The molecule has 0 aromatic heterocycles. The topological polar surface area (TPSA) is 32.3 Å². The highest BCUT2D eigenvalue weighted by Crippen LogP contribution is 2.40. The summed E-state index contributed by atoms with van der Waals surface area (Å²) in [5.41, 5.74) is 2.65. The molecule has 1 heterocycles. The number of nitrogens with one attached hydrogen (secondary N) is 1. The van der Waals surface area contributed by atoms with Crippen LogP contribution in [0.1, 0.15) is 25.8 Å². The number of rotatable bonds is 1.